The number of rotatable bonds is 2. The largest absolute Gasteiger partial charge is 0.431 e. The number of allylic oxidation sites excluding steroid dienone is 1. The molecule has 0 aliphatic carbocycles. The van der Waals surface area contributed by atoms with Gasteiger partial charge in [0.05, 0.1) is 5.92 Å². The van der Waals surface area contributed by atoms with Gasteiger partial charge in [0.25, 0.3) is 0 Å². The third-order valence-corrected chi connectivity index (χ3v) is 3.25. The maximum atomic E-state index is 11.5. The van der Waals surface area contributed by atoms with Crippen molar-refractivity contribution in [3.63, 3.8) is 0 Å². The van der Waals surface area contributed by atoms with E-state index in [9.17, 15) is 4.79 Å². The number of cyclic esters (lactones) is 1. The summed E-state index contributed by atoms with van der Waals surface area (Å²) in [6.45, 7) is 12.1. The molecule has 1 saturated heterocycles. The maximum Gasteiger partial charge on any atom is 0.315 e. The van der Waals surface area contributed by atoms with Crippen LogP contribution in [0.1, 0.15) is 34.1 Å². The molecule has 2 atom stereocenters. The number of hydrogen-bond donors (Lipinski definition) is 0. The summed E-state index contributed by atoms with van der Waals surface area (Å²) in [5, 5.41) is 0. The van der Waals surface area contributed by atoms with Gasteiger partial charge in [-0.25, -0.2) is 0 Å². The average molecular weight is 182 g/mol. The Kier molecular flexibility index (Phi) is 2.51. The highest BCUT2D eigenvalue weighted by Gasteiger charge is 2.45. The van der Waals surface area contributed by atoms with E-state index in [1.165, 1.54) is 0 Å². The molecule has 0 N–H and O–H groups in total. The lowest BCUT2D eigenvalue weighted by Gasteiger charge is -2.29. The molecule has 2 unspecified atom stereocenters. The number of carbonyl (C=O) groups is 1. The second-order valence-corrected chi connectivity index (χ2v) is 4.50. The van der Waals surface area contributed by atoms with Crippen molar-refractivity contribution in [2.24, 2.45) is 17.3 Å². The Morgan fingerprint density at radius 3 is 2.38 bits per heavy atom. The predicted molar refractivity (Wildman–Crippen MR) is 52.0 cm³/mol. The van der Waals surface area contributed by atoms with Gasteiger partial charge >= 0.3 is 5.97 Å². The van der Waals surface area contributed by atoms with Gasteiger partial charge in [-0.3, -0.25) is 4.79 Å². The molecule has 1 heterocycles. The third kappa shape index (κ3) is 1.62. The van der Waals surface area contributed by atoms with Crippen LogP contribution in [0.3, 0.4) is 0 Å². The van der Waals surface area contributed by atoms with Gasteiger partial charge in [-0.2, -0.15) is 0 Å². The minimum Gasteiger partial charge on any atom is -0.431 e. The molecular formula is C11H18O2. The molecule has 2 nitrogen and oxygen atoms in total. The minimum absolute atomic E-state index is 0.00986. The van der Waals surface area contributed by atoms with E-state index < -0.39 is 0 Å². The Hall–Kier alpha value is -0.790. The van der Waals surface area contributed by atoms with Crippen LogP contribution in [-0.2, 0) is 9.53 Å². The predicted octanol–water partition coefficient (Wildman–Crippen LogP) is 2.75. The van der Waals surface area contributed by atoms with Crippen molar-refractivity contribution in [2.45, 2.75) is 34.1 Å². The summed E-state index contributed by atoms with van der Waals surface area (Å²) in [7, 11) is 0. The fourth-order valence-electron chi connectivity index (χ4n) is 1.89. The Labute approximate surface area is 80.0 Å². The summed E-state index contributed by atoms with van der Waals surface area (Å²) in [6, 6.07) is 0. The monoisotopic (exact) mass is 182 g/mol. The Morgan fingerprint density at radius 2 is 2.08 bits per heavy atom. The second-order valence-electron chi connectivity index (χ2n) is 4.50. The Bertz CT molecular complexity index is 240. The van der Waals surface area contributed by atoms with Gasteiger partial charge in [-0.1, -0.05) is 40.7 Å². The van der Waals surface area contributed by atoms with Gasteiger partial charge in [-0.15, -0.1) is 0 Å². The van der Waals surface area contributed by atoms with Gasteiger partial charge in [0, 0.05) is 5.92 Å². The van der Waals surface area contributed by atoms with Crippen LogP contribution in [0, 0.1) is 17.3 Å². The molecule has 2 heteroatoms. The molecule has 1 rings (SSSR count). The standard InChI is InChI=1S/C11H18O2/c1-6-11(4,5)9-7(2)8(3)13-10(9)12/h7,9H,3,6H2,1-2,4-5H3. The van der Waals surface area contributed by atoms with E-state index in [1.807, 2.05) is 6.92 Å². The zero-order chi connectivity index (χ0) is 10.2. The molecule has 1 aliphatic heterocycles. The maximum absolute atomic E-state index is 11.5. The second kappa shape index (κ2) is 3.17. The van der Waals surface area contributed by atoms with E-state index in [2.05, 4.69) is 27.4 Å². The number of esters is 1. The van der Waals surface area contributed by atoms with Crippen LogP contribution >= 0.6 is 0 Å². The summed E-state index contributed by atoms with van der Waals surface area (Å²) < 4.78 is 5.04. The first-order valence-electron chi connectivity index (χ1n) is 4.80. The number of hydrogen-bond acceptors (Lipinski definition) is 2. The van der Waals surface area contributed by atoms with E-state index in [-0.39, 0.29) is 23.2 Å². The molecule has 1 fully saturated rings. The number of carbonyl (C=O) groups excluding carboxylic acids is 1. The lowest BCUT2D eigenvalue weighted by Crippen LogP contribution is -2.30. The topological polar surface area (TPSA) is 26.3 Å². The van der Waals surface area contributed by atoms with Crippen molar-refractivity contribution in [3.05, 3.63) is 12.3 Å². The van der Waals surface area contributed by atoms with Gasteiger partial charge in [-0.05, 0) is 5.41 Å². The van der Waals surface area contributed by atoms with Crippen LogP contribution in [0.25, 0.3) is 0 Å². The van der Waals surface area contributed by atoms with E-state index in [0.717, 1.165) is 6.42 Å². The van der Waals surface area contributed by atoms with Crippen LogP contribution in [-0.4, -0.2) is 5.97 Å². The number of ether oxygens (including phenoxy) is 1. The molecule has 0 saturated carbocycles. The average Bonchev–Trinajstić information content (AvgIpc) is 2.27. The minimum atomic E-state index is -0.107. The first-order valence-corrected chi connectivity index (χ1v) is 4.80. The third-order valence-electron chi connectivity index (χ3n) is 3.25. The van der Waals surface area contributed by atoms with Gasteiger partial charge < -0.3 is 4.74 Å². The molecular weight excluding hydrogens is 164 g/mol. The molecule has 74 valence electrons. The molecule has 1 aliphatic rings. The summed E-state index contributed by atoms with van der Waals surface area (Å²) in [4.78, 5) is 11.5. The van der Waals surface area contributed by atoms with Crippen molar-refractivity contribution in [1.29, 1.82) is 0 Å². The van der Waals surface area contributed by atoms with Crippen LogP contribution in [0.2, 0.25) is 0 Å². The molecule has 0 bridgehead atoms. The van der Waals surface area contributed by atoms with Crippen LogP contribution in [0.5, 0.6) is 0 Å². The van der Waals surface area contributed by atoms with E-state index in [0.29, 0.717) is 5.76 Å². The Morgan fingerprint density at radius 1 is 1.54 bits per heavy atom. The molecule has 0 radical (unpaired) electrons. The van der Waals surface area contributed by atoms with Crippen LogP contribution < -0.4 is 0 Å². The van der Waals surface area contributed by atoms with E-state index >= 15 is 0 Å². The SMILES string of the molecule is C=C1OC(=O)C(C(C)(C)CC)C1C. The summed E-state index contributed by atoms with van der Waals surface area (Å²) >= 11 is 0. The summed E-state index contributed by atoms with van der Waals surface area (Å²) in [5.74, 6) is 0.647. The first-order chi connectivity index (χ1) is 5.90. The fraction of sp³-hybridized carbons (Fsp3) is 0.727. The highest BCUT2D eigenvalue weighted by atomic mass is 16.5. The summed E-state index contributed by atoms with van der Waals surface area (Å²) in [6.07, 6.45) is 0.977. The highest BCUT2D eigenvalue weighted by molar-refractivity contribution is 5.78. The molecule has 13 heavy (non-hydrogen) atoms. The molecule has 0 spiro atoms. The highest BCUT2D eigenvalue weighted by Crippen LogP contribution is 2.43. The van der Waals surface area contributed by atoms with Crippen molar-refractivity contribution < 1.29 is 9.53 Å². The van der Waals surface area contributed by atoms with Crippen LogP contribution in [0.4, 0.5) is 0 Å². The quantitative estimate of drug-likeness (QED) is 0.614. The zero-order valence-corrected chi connectivity index (χ0v) is 8.89. The smallest absolute Gasteiger partial charge is 0.315 e. The zero-order valence-electron chi connectivity index (χ0n) is 8.89. The molecule has 0 aromatic heterocycles. The fourth-order valence-corrected chi connectivity index (χ4v) is 1.89. The first kappa shape index (κ1) is 10.3. The lowest BCUT2D eigenvalue weighted by atomic mass is 9.71. The van der Waals surface area contributed by atoms with Crippen molar-refractivity contribution in [2.75, 3.05) is 0 Å². The normalized spacial score (nSPS) is 29.2. The van der Waals surface area contributed by atoms with Gasteiger partial charge in [0.2, 0.25) is 0 Å². The van der Waals surface area contributed by atoms with Crippen LogP contribution in [0.15, 0.2) is 12.3 Å². The molecule has 0 aromatic rings. The lowest BCUT2D eigenvalue weighted by molar-refractivity contribution is -0.142. The van der Waals surface area contributed by atoms with E-state index in [4.69, 9.17) is 4.74 Å². The van der Waals surface area contributed by atoms with E-state index in [1.54, 1.807) is 0 Å². The van der Waals surface area contributed by atoms with Gasteiger partial charge in [0.15, 0.2) is 0 Å². The van der Waals surface area contributed by atoms with Gasteiger partial charge in [0.1, 0.15) is 5.76 Å². The summed E-state index contributed by atoms with van der Waals surface area (Å²) in [5.41, 5.74) is 0.00986. The van der Waals surface area contributed by atoms with Crippen molar-refractivity contribution in [1.82, 2.24) is 0 Å². The van der Waals surface area contributed by atoms with Crippen molar-refractivity contribution in [3.8, 4) is 0 Å². The molecule has 0 amide bonds. The molecule has 0 aromatic carbocycles. The Balaban J connectivity index is 2.92. The van der Waals surface area contributed by atoms with Crippen molar-refractivity contribution >= 4 is 5.97 Å².